The molecule has 372 valence electrons. The number of H-pyrrole nitrogens is 1. The summed E-state index contributed by atoms with van der Waals surface area (Å²) in [6, 6.07) is 15.0. The number of aliphatic imine (C=N–C) groups is 1. The Morgan fingerprint density at radius 1 is 0.971 bits per heavy atom. The minimum absolute atomic E-state index is 0.0205. The Hall–Kier alpha value is -6.44. The number of halogens is 1. The number of carbonyl (C=O) groups is 4. The second-order valence-corrected chi connectivity index (χ2v) is 20.8. The van der Waals surface area contributed by atoms with Crippen LogP contribution in [-0.4, -0.2) is 129 Å². The van der Waals surface area contributed by atoms with Crippen LogP contribution in [0.2, 0.25) is 0 Å². The van der Waals surface area contributed by atoms with E-state index in [-0.39, 0.29) is 66.1 Å². The topological polar surface area (TPSA) is 208 Å². The van der Waals surface area contributed by atoms with E-state index in [1.165, 1.54) is 45.9 Å². The van der Waals surface area contributed by atoms with E-state index in [1.807, 2.05) is 57.1 Å². The molecule has 2 aromatic heterocycles. The number of aryl methyl sites for hydroxylation is 2. The van der Waals surface area contributed by atoms with Gasteiger partial charge in [0.2, 0.25) is 0 Å². The van der Waals surface area contributed by atoms with Gasteiger partial charge in [-0.15, -0.1) is 0 Å². The van der Waals surface area contributed by atoms with Crippen LogP contribution in [-0.2, 0) is 20.8 Å². The van der Waals surface area contributed by atoms with Crippen LogP contribution in [0.15, 0.2) is 65.8 Å². The molecule has 4 heterocycles. The molecule has 2 aliphatic rings. The molecule has 7 rings (SSSR count). The highest BCUT2D eigenvalue weighted by atomic mass is 33.1. The molecule has 0 spiro atoms. The lowest BCUT2D eigenvalue weighted by atomic mass is 9.94. The number of hydrogen-bond donors (Lipinski definition) is 5. The normalized spacial score (nSPS) is 14.8. The van der Waals surface area contributed by atoms with Gasteiger partial charge < -0.3 is 50.1 Å². The fourth-order valence-corrected chi connectivity index (χ4v) is 10.3. The van der Waals surface area contributed by atoms with Crippen LogP contribution >= 0.6 is 21.6 Å². The molecular weight excluding hydrogens is 936 g/mol. The Bertz CT molecular complexity index is 2810. The van der Waals surface area contributed by atoms with E-state index < -0.39 is 17.8 Å². The highest BCUT2D eigenvalue weighted by Crippen LogP contribution is 2.36. The number of rotatable bonds is 18. The summed E-state index contributed by atoms with van der Waals surface area (Å²) in [5.74, 6) is 0.165. The molecule has 0 radical (unpaired) electrons. The number of aromatic nitrogens is 2. The molecule has 2 aliphatic heterocycles. The summed E-state index contributed by atoms with van der Waals surface area (Å²) in [6.07, 6.45) is 5.31. The van der Waals surface area contributed by atoms with Crippen molar-refractivity contribution in [3.05, 3.63) is 106 Å². The summed E-state index contributed by atoms with van der Waals surface area (Å²) >= 11 is 0. The number of amidine groups is 1. The number of aromatic hydroxyl groups is 2. The minimum atomic E-state index is -0.771. The van der Waals surface area contributed by atoms with E-state index in [2.05, 4.69) is 26.1 Å². The van der Waals surface area contributed by atoms with Crippen LogP contribution in [0.25, 0.3) is 22.6 Å². The first kappa shape index (κ1) is 51.4. The van der Waals surface area contributed by atoms with Crippen LogP contribution in [0.5, 0.6) is 11.5 Å². The number of anilines is 1. The minimum Gasteiger partial charge on any atom is -0.508 e. The van der Waals surface area contributed by atoms with Gasteiger partial charge in [0.05, 0.1) is 22.4 Å². The van der Waals surface area contributed by atoms with Crippen LogP contribution in [0.3, 0.4) is 0 Å². The lowest BCUT2D eigenvalue weighted by Gasteiger charge is -2.31. The number of ether oxygens (including phenoxy) is 2. The van der Waals surface area contributed by atoms with Gasteiger partial charge >= 0.3 is 12.2 Å². The second-order valence-electron chi connectivity index (χ2n) is 18.0. The third kappa shape index (κ3) is 12.3. The van der Waals surface area contributed by atoms with Crippen LogP contribution in [0, 0.1) is 25.6 Å². The number of likely N-dealkylation sites (N-methyl/N-ethyl adjacent to an activating group) is 1. The summed E-state index contributed by atoms with van der Waals surface area (Å²) in [7, 11) is 6.65. The van der Waals surface area contributed by atoms with Gasteiger partial charge in [-0.05, 0) is 125 Å². The Balaban J connectivity index is 0.804. The first-order valence-electron chi connectivity index (χ1n) is 23.3. The van der Waals surface area contributed by atoms with Gasteiger partial charge in [-0.2, -0.15) is 0 Å². The molecule has 1 saturated heterocycles. The van der Waals surface area contributed by atoms with Gasteiger partial charge in [-0.1, -0.05) is 35.4 Å². The first-order valence-corrected chi connectivity index (χ1v) is 25.8. The predicted octanol–water partition coefficient (Wildman–Crippen LogP) is 9.25. The molecule has 3 aromatic carbocycles. The number of nitrogens with two attached hydrogens (primary N) is 1. The van der Waals surface area contributed by atoms with Crippen molar-refractivity contribution in [3.63, 3.8) is 0 Å². The number of benzene rings is 3. The number of aromatic amines is 1. The molecule has 0 unspecified atom stereocenters. The number of phenolic OH excluding ortho intramolecular Hbond substituents is 2. The van der Waals surface area contributed by atoms with Gasteiger partial charge in [0.15, 0.2) is 0 Å². The monoisotopic (exact) mass is 996 g/mol. The molecule has 70 heavy (non-hydrogen) atoms. The highest BCUT2D eigenvalue weighted by Gasteiger charge is 2.31. The van der Waals surface area contributed by atoms with Gasteiger partial charge in [-0.3, -0.25) is 9.59 Å². The second kappa shape index (κ2) is 23.0. The molecule has 0 saturated carbocycles. The molecule has 6 N–H and O–H groups in total. The Labute approximate surface area is 414 Å². The number of fused-ring (bicyclic) bond motifs is 2. The van der Waals surface area contributed by atoms with E-state index in [9.17, 15) is 33.8 Å². The van der Waals surface area contributed by atoms with E-state index in [0.29, 0.717) is 82.1 Å². The maximum atomic E-state index is 14.1. The number of hydrogen-bond acceptors (Lipinski definition) is 12. The zero-order valence-corrected chi connectivity index (χ0v) is 42.0. The molecule has 0 aliphatic carbocycles. The van der Waals surface area contributed by atoms with Gasteiger partial charge in [0, 0.05) is 90.0 Å². The van der Waals surface area contributed by atoms with Crippen molar-refractivity contribution in [2.24, 2.45) is 16.6 Å². The lowest BCUT2D eigenvalue weighted by molar-refractivity contribution is -0.110. The summed E-state index contributed by atoms with van der Waals surface area (Å²) in [5, 5.41) is 24.4. The number of nitrogens with one attached hydrogen (secondary N) is 2. The zero-order chi connectivity index (χ0) is 50.2. The molecule has 4 amide bonds. The van der Waals surface area contributed by atoms with Gasteiger partial charge in [0.25, 0.3) is 11.8 Å². The molecule has 19 heteroatoms. The maximum Gasteiger partial charge on any atom is 0.416 e. The Morgan fingerprint density at radius 3 is 2.41 bits per heavy atom. The average Bonchev–Trinajstić information content (AvgIpc) is 3.96. The maximum absolute atomic E-state index is 14.1. The van der Waals surface area contributed by atoms with Gasteiger partial charge in [0.1, 0.15) is 36.4 Å². The van der Waals surface area contributed by atoms with E-state index in [4.69, 9.17) is 15.2 Å². The SMILES string of the molecule is Cc1[nH]c(/C=C2\C(=O)Nc3ccc(F)cc32)c(C)c1C(=O)N(CCN(C)C)C(=O)OCCSSCCOC(=O)N1CCC(CCn2ccc3cc(N=C(N)c4cc(C(C)C)c(O)cc4O)ccc32)CC1. The van der Waals surface area contributed by atoms with Crippen LogP contribution in [0.1, 0.15) is 83.0 Å². The number of piperidine rings is 1. The van der Waals surface area contributed by atoms with E-state index in [1.54, 1.807) is 30.9 Å². The van der Waals surface area contributed by atoms with Crippen molar-refractivity contribution in [1.82, 2.24) is 24.3 Å². The fraction of sp³-hybridized carbons (Fsp3) is 0.392. The number of imide groups is 1. The molecule has 0 bridgehead atoms. The third-order valence-corrected chi connectivity index (χ3v) is 14.9. The summed E-state index contributed by atoms with van der Waals surface area (Å²) in [5.41, 5.74) is 12.1. The Kier molecular flexibility index (Phi) is 16.9. The van der Waals surface area contributed by atoms with Crippen molar-refractivity contribution in [2.75, 3.05) is 70.3 Å². The van der Waals surface area contributed by atoms with Crippen molar-refractivity contribution in [2.45, 2.75) is 59.4 Å². The predicted molar refractivity (Wildman–Crippen MR) is 275 cm³/mol. The molecule has 16 nitrogen and oxygen atoms in total. The van der Waals surface area contributed by atoms with E-state index in [0.717, 1.165) is 41.6 Å². The quantitative estimate of drug-likeness (QED) is 0.0183. The van der Waals surface area contributed by atoms with Crippen molar-refractivity contribution in [1.29, 1.82) is 0 Å². The molecular formula is C51H61FN8O8S2. The van der Waals surface area contributed by atoms with Crippen molar-refractivity contribution < 1.29 is 43.3 Å². The number of likely N-dealkylation sites (tertiary alicyclic amines) is 1. The van der Waals surface area contributed by atoms with Crippen molar-refractivity contribution in [3.8, 4) is 11.5 Å². The number of nitrogens with zero attached hydrogens (tertiary/aromatic N) is 5. The summed E-state index contributed by atoms with van der Waals surface area (Å²) in [4.78, 5) is 65.4. The smallest absolute Gasteiger partial charge is 0.416 e. The Morgan fingerprint density at radius 2 is 1.70 bits per heavy atom. The van der Waals surface area contributed by atoms with Crippen molar-refractivity contribution >= 4 is 85.4 Å². The van der Waals surface area contributed by atoms with Crippen LogP contribution in [0.4, 0.5) is 25.4 Å². The first-order chi connectivity index (χ1) is 33.5. The lowest BCUT2D eigenvalue weighted by Crippen LogP contribution is -2.42. The molecule has 1 fully saturated rings. The average molecular weight is 997 g/mol. The molecule has 5 aromatic rings. The fourth-order valence-electron chi connectivity index (χ4n) is 8.65. The summed E-state index contributed by atoms with van der Waals surface area (Å²) < 4.78 is 27.4. The zero-order valence-electron chi connectivity index (χ0n) is 40.3. The number of phenols is 2. The molecule has 0 atom stereocenters. The van der Waals surface area contributed by atoms with Crippen LogP contribution < -0.4 is 11.1 Å². The standard InChI is InChI=1S/C51H61FN8O8S2/c1-30(2)37-27-40(45(62)29-44(37)61)47(53)55-36-8-10-43-34(25-36)14-18-58(43)15-11-33-12-16-59(17-13-33)50(65)67-21-23-69-70-24-22-68-51(66)60(20-19-57(5)6)49(64)46-31(3)42(54-32(46)4)28-39-38-26-35(52)7-9-41(38)56-48(39)63/h7-10,14,18,25-30,33,54,61-62H,11-13,15-17,19-24H2,1-6H3,(H2,53,55)(H,56,63)/b39-28-. The third-order valence-electron chi connectivity index (χ3n) is 12.5. The number of carbonyl (C=O) groups excluding carboxylic acids is 4. The number of amides is 4. The van der Waals surface area contributed by atoms with Gasteiger partial charge in [-0.25, -0.2) is 23.9 Å². The highest BCUT2D eigenvalue weighted by molar-refractivity contribution is 8.76. The summed E-state index contributed by atoms with van der Waals surface area (Å²) in [6.45, 7) is 10.2. The largest absolute Gasteiger partial charge is 0.508 e. The van der Waals surface area contributed by atoms with E-state index >= 15 is 0 Å².